The number of allylic oxidation sites excluding steroid dienone is 1. The molecule has 4 amide bonds. The van der Waals surface area contributed by atoms with Gasteiger partial charge in [0.15, 0.2) is 10.8 Å². The number of anilines is 4. The molecule has 1 atom stereocenters. The van der Waals surface area contributed by atoms with Crippen LogP contribution in [0.1, 0.15) is 70.2 Å². The molecule has 1 aromatic heterocycles. The van der Waals surface area contributed by atoms with E-state index in [1.54, 1.807) is 55.1 Å². The van der Waals surface area contributed by atoms with Crippen molar-refractivity contribution < 1.29 is 37.1 Å². The molecular weight excluding hydrogens is 788 g/mol. The molecule has 3 aliphatic heterocycles. The van der Waals surface area contributed by atoms with Gasteiger partial charge >= 0.3 is 6.18 Å². The summed E-state index contributed by atoms with van der Waals surface area (Å²) < 4.78 is 47.6. The molecule has 310 valence electrons. The summed E-state index contributed by atoms with van der Waals surface area (Å²) in [7, 11) is 0. The van der Waals surface area contributed by atoms with Gasteiger partial charge in [-0.2, -0.15) is 18.4 Å². The molecule has 6 rings (SSSR count). The van der Waals surface area contributed by atoms with Gasteiger partial charge in [0.05, 0.1) is 30.5 Å². The van der Waals surface area contributed by atoms with Gasteiger partial charge in [0.2, 0.25) is 17.7 Å². The van der Waals surface area contributed by atoms with Crippen molar-refractivity contribution in [1.82, 2.24) is 20.1 Å². The summed E-state index contributed by atoms with van der Waals surface area (Å²) >= 11 is 5.71. The number of nitrogens with zero attached hydrogens (tertiary/aromatic N) is 6. The van der Waals surface area contributed by atoms with Crippen LogP contribution in [-0.2, 0) is 25.4 Å². The number of aromatic nitrogens is 1. The highest BCUT2D eigenvalue weighted by atomic mass is 32.1. The number of rotatable bonds is 12. The molecule has 0 aliphatic carbocycles. The molecule has 0 bridgehead atoms. The lowest BCUT2D eigenvalue weighted by molar-refractivity contribution is -0.138. The van der Waals surface area contributed by atoms with E-state index in [2.05, 4.69) is 25.8 Å². The number of piperidine rings is 1. The number of imide groups is 1. The molecule has 0 spiro atoms. The van der Waals surface area contributed by atoms with Crippen LogP contribution >= 0.6 is 12.2 Å². The molecule has 3 N–H and O–H groups in total. The Labute approximate surface area is 345 Å². The molecule has 1 unspecified atom stereocenters. The van der Waals surface area contributed by atoms with E-state index >= 15 is 0 Å². The fourth-order valence-corrected chi connectivity index (χ4v) is 7.70. The van der Waals surface area contributed by atoms with Gasteiger partial charge in [0.25, 0.3) is 5.91 Å². The van der Waals surface area contributed by atoms with Crippen molar-refractivity contribution in [3.05, 3.63) is 83.4 Å². The fourth-order valence-electron chi connectivity index (χ4n) is 7.18. The first-order valence-corrected chi connectivity index (χ1v) is 19.4. The molecule has 2 aromatic carbocycles. The van der Waals surface area contributed by atoms with Crippen LogP contribution in [0.3, 0.4) is 0 Å². The Morgan fingerprint density at radius 1 is 1.10 bits per heavy atom. The van der Waals surface area contributed by atoms with Gasteiger partial charge in [0, 0.05) is 48.5 Å². The SMILES string of the molecule is CC1=CN(CCOc2ccc(N3C(=S)N(c4cnc(C#N)c(C(F)(F)F)c4)C(=O)C3(C)C)cc2C(C)C)CCN1CC(=O)Nc1cccc(NC2CCC(=O)NC2=O)c1. The molecule has 4 heterocycles. The lowest BCUT2D eigenvalue weighted by atomic mass is 9.98. The van der Waals surface area contributed by atoms with Crippen LogP contribution in [0.25, 0.3) is 0 Å². The van der Waals surface area contributed by atoms with Crippen molar-refractivity contribution in [2.45, 2.75) is 71.1 Å². The lowest BCUT2D eigenvalue weighted by Gasteiger charge is -2.35. The number of alkyl halides is 3. The quantitative estimate of drug-likeness (QED) is 0.151. The molecule has 59 heavy (non-hydrogen) atoms. The third-order valence-electron chi connectivity index (χ3n) is 10.3. The Morgan fingerprint density at radius 3 is 2.53 bits per heavy atom. The summed E-state index contributed by atoms with van der Waals surface area (Å²) in [5, 5.41) is 17.5. The number of ether oxygens (including phenoxy) is 1. The van der Waals surface area contributed by atoms with Crippen LogP contribution in [0.4, 0.5) is 35.9 Å². The third kappa shape index (κ3) is 9.25. The fraction of sp³-hybridized carbons (Fsp3) is 0.390. The summed E-state index contributed by atoms with van der Waals surface area (Å²) in [6.07, 6.45) is -1.20. The van der Waals surface area contributed by atoms with Crippen LogP contribution in [0, 0.1) is 11.3 Å². The number of hydrogen-bond donors (Lipinski definition) is 3. The average molecular weight is 832 g/mol. The first-order valence-electron chi connectivity index (χ1n) is 19.0. The van der Waals surface area contributed by atoms with Gasteiger partial charge < -0.3 is 30.1 Å². The summed E-state index contributed by atoms with van der Waals surface area (Å²) in [5.41, 5.74) is 0.00515. The van der Waals surface area contributed by atoms with E-state index in [0.717, 1.165) is 22.4 Å². The minimum Gasteiger partial charge on any atom is -0.491 e. The van der Waals surface area contributed by atoms with Gasteiger partial charge in [-0.05, 0) is 93.4 Å². The monoisotopic (exact) mass is 831 g/mol. The molecule has 3 aromatic rings. The second-order valence-corrected chi connectivity index (χ2v) is 15.6. The first kappa shape index (κ1) is 42.4. The number of thiocarbonyl (C=S) groups is 1. The molecule has 14 nitrogen and oxygen atoms in total. The van der Waals surface area contributed by atoms with Gasteiger partial charge in [0.1, 0.15) is 30.0 Å². The van der Waals surface area contributed by atoms with E-state index in [9.17, 15) is 37.6 Å². The number of pyridine rings is 1. The van der Waals surface area contributed by atoms with Crippen molar-refractivity contribution in [3.63, 3.8) is 0 Å². The number of nitrogens with one attached hydrogen (secondary N) is 3. The number of halogens is 3. The average Bonchev–Trinajstić information content (AvgIpc) is 3.35. The topological polar surface area (TPSA) is 163 Å². The van der Waals surface area contributed by atoms with E-state index in [-0.39, 0.29) is 47.4 Å². The summed E-state index contributed by atoms with van der Waals surface area (Å²) in [5.74, 6) is -0.791. The lowest BCUT2D eigenvalue weighted by Crippen LogP contribution is -2.47. The molecule has 0 radical (unpaired) electrons. The molecule has 0 saturated carbocycles. The highest BCUT2D eigenvalue weighted by Gasteiger charge is 2.51. The summed E-state index contributed by atoms with van der Waals surface area (Å²) in [6.45, 7) is 11.5. The Hall–Kier alpha value is -6.22. The Morgan fingerprint density at radius 2 is 1.85 bits per heavy atom. The molecule has 2 saturated heterocycles. The number of nitriles is 1. The Balaban J connectivity index is 1.05. The predicted octanol–water partition coefficient (Wildman–Crippen LogP) is 5.73. The van der Waals surface area contributed by atoms with Crippen LogP contribution < -0.4 is 30.5 Å². The standard InChI is InChI=1S/C41H44F3N9O5S/c1-24(2)30-18-28(53-39(59)52(38(57)40(53,4)5)29-19-31(41(42,43)44)33(20-45)46-21-29)9-11-34(30)58-16-15-50-13-14-51(25(3)22-50)23-36(55)48-27-8-6-7-26(17-27)47-32-10-12-35(54)49-37(32)56/h6-9,11,17-19,21-22,24,32,47H,10,12-16,23H2,1-5H3,(H,48,55)(H,49,54,56). The maximum atomic E-state index is 13.8. The third-order valence-corrected chi connectivity index (χ3v) is 10.7. The smallest absolute Gasteiger partial charge is 0.419 e. The number of hydrogen-bond acceptors (Lipinski definition) is 11. The van der Waals surface area contributed by atoms with Gasteiger partial charge in [-0.3, -0.25) is 29.4 Å². The van der Waals surface area contributed by atoms with Crippen molar-refractivity contribution >= 4 is 63.7 Å². The second kappa shape index (κ2) is 16.9. The number of benzene rings is 2. The molecular formula is C41H44F3N9O5S. The van der Waals surface area contributed by atoms with E-state index < -0.39 is 34.9 Å². The zero-order chi connectivity index (χ0) is 42.8. The van der Waals surface area contributed by atoms with Crippen molar-refractivity contribution in [2.24, 2.45) is 0 Å². The minimum absolute atomic E-state index is 0.00554. The Kier molecular flexibility index (Phi) is 12.2. The van der Waals surface area contributed by atoms with Gasteiger partial charge in [-0.15, -0.1) is 0 Å². The van der Waals surface area contributed by atoms with E-state index in [4.69, 9.17) is 17.0 Å². The van der Waals surface area contributed by atoms with Crippen LogP contribution in [0.5, 0.6) is 5.75 Å². The summed E-state index contributed by atoms with van der Waals surface area (Å²) in [6, 6.07) is 14.1. The van der Waals surface area contributed by atoms with Crippen molar-refractivity contribution in [3.8, 4) is 11.8 Å². The van der Waals surface area contributed by atoms with Crippen molar-refractivity contribution in [1.29, 1.82) is 5.26 Å². The van der Waals surface area contributed by atoms with Gasteiger partial charge in [-0.25, -0.2) is 4.98 Å². The highest BCUT2D eigenvalue weighted by molar-refractivity contribution is 7.81. The largest absolute Gasteiger partial charge is 0.491 e. The predicted molar refractivity (Wildman–Crippen MR) is 218 cm³/mol. The van der Waals surface area contributed by atoms with E-state index in [1.807, 2.05) is 37.9 Å². The van der Waals surface area contributed by atoms with Crippen LogP contribution in [0.15, 0.2) is 66.6 Å². The zero-order valence-electron chi connectivity index (χ0n) is 33.1. The molecule has 3 aliphatic rings. The number of amides is 4. The van der Waals surface area contributed by atoms with Gasteiger partial charge in [-0.1, -0.05) is 19.9 Å². The Bertz CT molecular complexity index is 2260. The minimum atomic E-state index is -4.87. The number of carbonyl (C=O) groups is 4. The highest BCUT2D eigenvalue weighted by Crippen LogP contribution is 2.41. The molecule has 18 heteroatoms. The maximum absolute atomic E-state index is 13.8. The van der Waals surface area contributed by atoms with Crippen LogP contribution in [0.2, 0.25) is 0 Å². The normalized spacial score (nSPS) is 18.2. The van der Waals surface area contributed by atoms with Crippen molar-refractivity contribution in [2.75, 3.05) is 53.2 Å². The number of carbonyl (C=O) groups excluding carboxylic acids is 4. The second-order valence-electron chi connectivity index (χ2n) is 15.2. The maximum Gasteiger partial charge on any atom is 0.419 e. The zero-order valence-corrected chi connectivity index (χ0v) is 34.0. The first-order chi connectivity index (χ1) is 27.9. The van der Waals surface area contributed by atoms with E-state index in [0.29, 0.717) is 61.5 Å². The van der Waals surface area contributed by atoms with E-state index in [1.165, 1.54) is 6.07 Å². The van der Waals surface area contributed by atoms with Crippen LogP contribution in [-0.4, -0.2) is 87.9 Å². The molecule has 2 fully saturated rings. The summed E-state index contributed by atoms with van der Waals surface area (Å²) in [4.78, 5) is 60.7.